The maximum Gasteiger partial charge on any atom is 0.122 e. The molecule has 1 aromatic carbocycles. The zero-order chi connectivity index (χ0) is 12.8. The van der Waals surface area contributed by atoms with Crippen LogP contribution < -0.4 is 10.5 Å². The summed E-state index contributed by atoms with van der Waals surface area (Å²) in [5, 5.41) is 0. The van der Waals surface area contributed by atoms with Gasteiger partial charge in [-0.25, -0.2) is 0 Å². The molecule has 0 aliphatic rings. The number of methoxy groups -OCH3 is 1. The van der Waals surface area contributed by atoms with Gasteiger partial charge in [0.2, 0.25) is 0 Å². The van der Waals surface area contributed by atoms with Crippen molar-refractivity contribution in [1.82, 2.24) is 4.90 Å². The highest BCUT2D eigenvalue weighted by molar-refractivity contribution is 5.43. The summed E-state index contributed by atoms with van der Waals surface area (Å²) in [4.78, 5) is 2.26. The average Bonchev–Trinajstić information content (AvgIpc) is 2.31. The van der Waals surface area contributed by atoms with E-state index in [4.69, 9.17) is 10.5 Å². The van der Waals surface area contributed by atoms with E-state index in [9.17, 15) is 0 Å². The first-order valence-electron chi connectivity index (χ1n) is 6.11. The number of hydrogen-bond donors (Lipinski definition) is 1. The van der Waals surface area contributed by atoms with E-state index in [1.54, 1.807) is 7.11 Å². The Bertz CT molecular complexity index is 363. The van der Waals surface area contributed by atoms with Crippen LogP contribution in [0.5, 0.6) is 5.75 Å². The van der Waals surface area contributed by atoms with Crippen LogP contribution in [-0.2, 0) is 6.42 Å². The van der Waals surface area contributed by atoms with Crippen LogP contribution in [0.25, 0.3) is 0 Å². The summed E-state index contributed by atoms with van der Waals surface area (Å²) in [6.45, 7) is 6.99. The predicted octanol–water partition coefficient (Wildman–Crippen LogP) is 1.75. The molecule has 0 amide bonds. The van der Waals surface area contributed by atoms with E-state index in [2.05, 4.69) is 37.9 Å². The van der Waals surface area contributed by atoms with E-state index < -0.39 is 0 Å². The molecule has 0 saturated heterocycles. The highest BCUT2D eigenvalue weighted by Crippen LogP contribution is 2.24. The number of nitrogens with two attached hydrogens (primary N) is 1. The topological polar surface area (TPSA) is 38.5 Å². The minimum absolute atomic E-state index is 0.719. The summed E-state index contributed by atoms with van der Waals surface area (Å²) >= 11 is 0. The quantitative estimate of drug-likeness (QED) is 0.817. The Hall–Kier alpha value is -1.06. The number of rotatable bonds is 6. The Morgan fingerprint density at radius 2 is 1.88 bits per heavy atom. The van der Waals surface area contributed by atoms with Gasteiger partial charge in [-0.05, 0) is 50.1 Å². The van der Waals surface area contributed by atoms with Crippen molar-refractivity contribution in [2.75, 3.05) is 33.8 Å². The van der Waals surface area contributed by atoms with Gasteiger partial charge in [0.1, 0.15) is 5.75 Å². The second kappa shape index (κ2) is 6.62. The first kappa shape index (κ1) is 14.0. The highest BCUT2D eigenvalue weighted by Gasteiger charge is 2.07. The fraction of sp³-hybridized carbons (Fsp3) is 0.571. The molecular formula is C14H24N2O. The van der Waals surface area contributed by atoms with Crippen molar-refractivity contribution in [2.45, 2.75) is 20.3 Å². The number of ether oxygens (including phenoxy) is 1. The molecule has 17 heavy (non-hydrogen) atoms. The summed E-state index contributed by atoms with van der Waals surface area (Å²) in [5.74, 6) is 0.974. The fourth-order valence-corrected chi connectivity index (χ4v) is 1.99. The number of hydrogen-bond acceptors (Lipinski definition) is 3. The van der Waals surface area contributed by atoms with Crippen molar-refractivity contribution in [3.63, 3.8) is 0 Å². The lowest BCUT2D eigenvalue weighted by atomic mass is 10.00. The maximum absolute atomic E-state index is 5.53. The van der Waals surface area contributed by atoms with Crippen molar-refractivity contribution in [2.24, 2.45) is 5.73 Å². The van der Waals surface area contributed by atoms with Crippen molar-refractivity contribution >= 4 is 0 Å². The highest BCUT2D eigenvalue weighted by atomic mass is 16.5. The molecular weight excluding hydrogens is 212 g/mol. The molecule has 2 N–H and O–H groups in total. The Morgan fingerprint density at radius 3 is 2.47 bits per heavy atom. The minimum atomic E-state index is 0.719. The van der Waals surface area contributed by atoms with Gasteiger partial charge in [-0.1, -0.05) is 6.07 Å². The third-order valence-corrected chi connectivity index (χ3v) is 3.34. The van der Waals surface area contributed by atoms with Crippen molar-refractivity contribution < 1.29 is 4.74 Å². The normalized spacial score (nSPS) is 10.9. The van der Waals surface area contributed by atoms with E-state index in [1.807, 2.05) is 0 Å². The van der Waals surface area contributed by atoms with Gasteiger partial charge >= 0.3 is 0 Å². The Balaban J connectivity index is 2.69. The summed E-state index contributed by atoms with van der Waals surface area (Å²) < 4.78 is 5.32. The molecule has 1 rings (SSSR count). The molecule has 0 saturated carbocycles. The van der Waals surface area contributed by atoms with Gasteiger partial charge in [-0.3, -0.25) is 0 Å². The summed E-state index contributed by atoms with van der Waals surface area (Å²) in [7, 11) is 3.83. The first-order valence-corrected chi connectivity index (χ1v) is 6.11. The van der Waals surface area contributed by atoms with E-state index in [0.29, 0.717) is 0 Å². The van der Waals surface area contributed by atoms with Crippen LogP contribution >= 0.6 is 0 Å². The third-order valence-electron chi connectivity index (χ3n) is 3.34. The number of benzene rings is 1. The SMILES string of the molecule is COc1ccc(CCN(C)CCN)c(C)c1C. The zero-order valence-electron chi connectivity index (χ0n) is 11.4. The first-order chi connectivity index (χ1) is 8.10. The summed E-state index contributed by atoms with van der Waals surface area (Å²) in [6.07, 6.45) is 1.06. The van der Waals surface area contributed by atoms with Gasteiger partial charge in [-0.15, -0.1) is 0 Å². The molecule has 0 bridgehead atoms. The lowest BCUT2D eigenvalue weighted by molar-refractivity contribution is 0.347. The molecule has 0 heterocycles. The van der Waals surface area contributed by atoms with Gasteiger partial charge < -0.3 is 15.4 Å². The fourth-order valence-electron chi connectivity index (χ4n) is 1.99. The van der Waals surface area contributed by atoms with Crippen molar-refractivity contribution in [3.8, 4) is 5.75 Å². The van der Waals surface area contributed by atoms with E-state index in [-0.39, 0.29) is 0 Å². The van der Waals surface area contributed by atoms with Crippen LogP contribution in [0.3, 0.4) is 0 Å². The van der Waals surface area contributed by atoms with Crippen LogP contribution in [0.4, 0.5) is 0 Å². The van der Waals surface area contributed by atoms with E-state index in [1.165, 1.54) is 16.7 Å². The van der Waals surface area contributed by atoms with Crippen molar-refractivity contribution in [3.05, 3.63) is 28.8 Å². The minimum Gasteiger partial charge on any atom is -0.496 e. The third kappa shape index (κ3) is 3.72. The Labute approximate surface area is 105 Å². The smallest absolute Gasteiger partial charge is 0.122 e. The number of nitrogens with zero attached hydrogens (tertiary/aromatic N) is 1. The summed E-state index contributed by atoms with van der Waals surface area (Å²) in [5.41, 5.74) is 9.51. The monoisotopic (exact) mass is 236 g/mol. The van der Waals surface area contributed by atoms with Gasteiger partial charge in [-0.2, -0.15) is 0 Å². The molecule has 1 aromatic rings. The lowest BCUT2D eigenvalue weighted by Gasteiger charge is -2.17. The lowest BCUT2D eigenvalue weighted by Crippen LogP contribution is -2.27. The van der Waals surface area contributed by atoms with Gasteiger partial charge in [0, 0.05) is 19.6 Å². The molecule has 0 aliphatic carbocycles. The van der Waals surface area contributed by atoms with E-state index in [0.717, 1.165) is 31.8 Å². The average molecular weight is 236 g/mol. The molecule has 0 unspecified atom stereocenters. The standard InChI is InChI=1S/C14H24N2O/c1-11-12(2)14(17-4)6-5-13(11)7-9-16(3)10-8-15/h5-6H,7-10,15H2,1-4H3. The largest absolute Gasteiger partial charge is 0.496 e. The Morgan fingerprint density at radius 1 is 1.18 bits per heavy atom. The van der Waals surface area contributed by atoms with Gasteiger partial charge in [0.25, 0.3) is 0 Å². The zero-order valence-corrected chi connectivity index (χ0v) is 11.4. The second-order valence-corrected chi connectivity index (χ2v) is 4.52. The molecule has 0 aromatic heterocycles. The molecule has 3 nitrogen and oxygen atoms in total. The number of likely N-dealkylation sites (N-methyl/N-ethyl adjacent to an activating group) is 1. The second-order valence-electron chi connectivity index (χ2n) is 4.52. The molecule has 0 spiro atoms. The van der Waals surface area contributed by atoms with Crippen LogP contribution in [0.2, 0.25) is 0 Å². The summed E-state index contributed by atoms with van der Waals surface area (Å²) in [6, 6.07) is 4.22. The molecule has 0 radical (unpaired) electrons. The van der Waals surface area contributed by atoms with Crippen LogP contribution in [-0.4, -0.2) is 38.7 Å². The predicted molar refractivity (Wildman–Crippen MR) is 72.7 cm³/mol. The Kier molecular flexibility index (Phi) is 5.45. The van der Waals surface area contributed by atoms with Crippen LogP contribution in [0, 0.1) is 13.8 Å². The molecule has 0 aliphatic heterocycles. The molecule has 96 valence electrons. The molecule has 0 fully saturated rings. The van der Waals surface area contributed by atoms with Crippen LogP contribution in [0.1, 0.15) is 16.7 Å². The van der Waals surface area contributed by atoms with Gasteiger partial charge in [0.05, 0.1) is 7.11 Å². The molecule has 0 atom stereocenters. The van der Waals surface area contributed by atoms with E-state index >= 15 is 0 Å². The molecule has 3 heteroatoms. The van der Waals surface area contributed by atoms with Crippen molar-refractivity contribution in [1.29, 1.82) is 0 Å². The maximum atomic E-state index is 5.53. The van der Waals surface area contributed by atoms with Gasteiger partial charge in [0.15, 0.2) is 0 Å². The van der Waals surface area contributed by atoms with Crippen LogP contribution in [0.15, 0.2) is 12.1 Å².